The molecule has 0 fully saturated rings. The van der Waals surface area contributed by atoms with Gasteiger partial charge in [0.25, 0.3) is 11.8 Å². The highest BCUT2D eigenvalue weighted by molar-refractivity contribution is 8.29. The molecule has 0 saturated carbocycles. The first kappa shape index (κ1) is 31.3. The first-order valence-electron chi connectivity index (χ1n) is 13.4. The normalized spacial score (nSPS) is 14.3. The second-order valence-corrected chi connectivity index (χ2v) is 12.1. The molecule has 12 heteroatoms. The number of hydrogen-bond donors (Lipinski definition) is 1. The molecule has 2 aliphatic heterocycles. The van der Waals surface area contributed by atoms with E-state index in [0.717, 1.165) is 29.2 Å². The maximum absolute atomic E-state index is 13.1. The van der Waals surface area contributed by atoms with Crippen molar-refractivity contribution in [2.24, 2.45) is 0 Å². The molecule has 0 spiro atoms. The van der Waals surface area contributed by atoms with Crippen LogP contribution in [0.3, 0.4) is 0 Å². The summed E-state index contributed by atoms with van der Waals surface area (Å²) < 4.78 is 11.1. The standard InChI is InChI=1S/C30H31N3O6S3/c1-5-38-28(36)23-24(29(37)39-6-2)42-30(41-23)22(25(40)31-19-12-8-7-9-13-19)32(18(3)4)16-17-33-26(34)20-14-10-11-15-21(20)27(33)35/h7-15,18H,5-6,16-17H2,1-4H3,(H,31,40). The van der Waals surface area contributed by atoms with Crippen LogP contribution in [0.15, 0.2) is 74.3 Å². The van der Waals surface area contributed by atoms with Gasteiger partial charge in [0.1, 0.15) is 14.8 Å². The number of rotatable bonds is 11. The van der Waals surface area contributed by atoms with E-state index in [-0.39, 0.29) is 54.0 Å². The van der Waals surface area contributed by atoms with E-state index in [1.807, 2.05) is 49.1 Å². The number of amides is 2. The number of anilines is 1. The average molecular weight is 626 g/mol. The van der Waals surface area contributed by atoms with Crippen LogP contribution in [-0.2, 0) is 19.1 Å². The molecule has 42 heavy (non-hydrogen) atoms. The molecular weight excluding hydrogens is 595 g/mol. The van der Waals surface area contributed by atoms with Gasteiger partial charge in [0.2, 0.25) is 0 Å². The fourth-order valence-electron chi connectivity index (χ4n) is 4.39. The summed E-state index contributed by atoms with van der Waals surface area (Å²) in [6, 6.07) is 16.0. The average Bonchev–Trinajstić information content (AvgIpc) is 3.51. The molecule has 0 radical (unpaired) electrons. The molecule has 2 aromatic carbocycles. The molecule has 4 rings (SSSR count). The van der Waals surface area contributed by atoms with E-state index in [1.54, 1.807) is 38.1 Å². The Morgan fingerprint density at radius 1 is 0.881 bits per heavy atom. The summed E-state index contributed by atoms with van der Waals surface area (Å²) in [6.45, 7) is 7.95. The molecule has 2 aliphatic rings. The number of hydrogen-bond acceptors (Lipinski definition) is 10. The topological polar surface area (TPSA) is 105 Å². The molecule has 220 valence electrons. The van der Waals surface area contributed by atoms with Crippen LogP contribution in [0.25, 0.3) is 0 Å². The smallest absolute Gasteiger partial charge is 0.346 e. The lowest BCUT2D eigenvalue weighted by molar-refractivity contribution is -0.140. The van der Waals surface area contributed by atoms with Gasteiger partial charge in [-0.2, -0.15) is 0 Å². The van der Waals surface area contributed by atoms with Crippen molar-refractivity contribution in [3.8, 4) is 0 Å². The maximum atomic E-state index is 13.1. The molecule has 0 saturated heterocycles. The van der Waals surface area contributed by atoms with Gasteiger partial charge in [-0.1, -0.05) is 66.1 Å². The van der Waals surface area contributed by atoms with E-state index in [0.29, 0.717) is 26.0 Å². The molecule has 2 heterocycles. The SMILES string of the molecule is CCOC(=O)C1=C(C(=O)OCC)SC(=C(C(=S)Nc2ccccc2)N(CCN2C(=O)c3ccccc3C2=O)C(C)C)S1. The summed E-state index contributed by atoms with van der Waals surface area (Å²) in [6.07, 6.45) is 0. The van der Waals surface area contributed by atoms with Crippen molar-refractivity contribution in [2.45, 2.75) is 33.7 Å². The number of benzene rings is 2. The Labute approximate surface area is 258 Å². The zero-order chi connectivity index (χ0) is 30.4. The van der Waals surface area contributed by atoms with E-state index in [4.69, 9.17) is 21.7 Å². The molecule has 0 atom stereocenters. The van der Waals surface area contributed by atoms with Gasteiger partial charge in [-0.3, -0.25) is 14.5 Å². The second-order valence-electron chi connectivity index (χ2n) is 9.35. The van der Waals surface area contributed by atoms with Gasteiger partial charge >= 0.3 is 11.9 Å². The lowest BCUT2D eigenvalue weighted by Gasteiger charge is -2.34. The summed E-state index contributed by atoms with van der Waals surface area (Å²) >= 11 is 8.10. The van der Waals surface area contributed by atoms with Gasteiger partial charge < -0.3 is 19.7 Å². The van der Waals surface area contributed by atoms with Gasteiger partial charge in [-0.15, -0.1) is 0 Å². The van der Waals surface area contributed by atoms with Crippen LogP contribution in [0.4, 0.5) is 5.69 Å². The zero-order valence-electron chi connectivity index (χ0n) is 23.7. The summed E-state index contributed by atoms with van der Waals surface area (Å²) in [4.78, 5) is 55.7. The largest absolute Gasteiger partial charge is 0.462 e. The van der Waals surface area contributed by atoms with Crippen LogP contribution in [0.1, 0.15) is 48.4 Å². The quantitative estimate of drug-likeness (QED) is 0.150. The Kier molecular flexibility index (Phi) is 10.5. The van der Waals surface area contributed by atoms with Crippen molar-refractivity contribution < 1.29 is 28.7 Å². The number of carbonyl (C=O) groups is 4. The van der Waals surface area contributed by atoms with Crippen LogP contribution in [0.5, 0.6) is 0 Å². The van der Waals surface area contributed by atoms with Crippen LogP contribution >= 0.6 is 35.7 Å². The van der Waals surface area contributed by atoms with E-state index in [9.17, 15) is 19.2 Å². The van der Waals surface area contributed by atoms with Crippen LogP contribution in [0.2, 0.25) is 0 Å². The van der Waals surface area contributed by atoms with Crippen molar-refractivity contribution in [3.05, 3.63) is 85.5 Å². The molecule has 0 aliphatic carbocycles. The Morgan fingerprint density at radius 2 is 1.38 bits per heavy atom. The van der Waals surface area contributed by atoms with Crippen molar-refractivity contribution in [1.82, 2.24) is 9.80 Å². The van der Waals surface area contributed by atoms with Crippen molar-refractivity contribution in [3.63, 3.8) is 0 Å². The Hall–Kier alpha value is -3.61. The molecule has 1 N–H and O–H groups in total. The first-order valence-corrected chi connectivity index (χ1v) is 15.5. The molecule has 0 bridgehead atoms. The highest BCUT2D eigenvalue weighted by atomic mass is 32.2. The van der Waals surface area contributed by atoms with Gasteiger partial charge in [-0.05, 0) is 52.0 Å². The number of ether oxygens (including phenoxy) is 2. The molecule has 0 aromatic heterocycles. The minimum atomic E-state index is -0.628. The Morgan fingerprint density at radius 3 is 1.86 bits per heavy atom. The van der Waals surface area contributed by atoms with E-state index >= 15 is 0 Å². The molecule has 9 nitrogen and oxygen atoms in total. The number of nitrogens with zero attached hydrogens (tertiary/aromatic N) is 2. The van der Waals surface area contributed by atoms with E-state index < -0.39 is 11.9 Å². The van der Waals surface area contributed by atoms with E-state index in [1.165, 1.54) is 4.90 Å². The fraction of sp³-hybridized carbons (Fsp3) is 0.300. The number of thioether (sulfide) groups is 2. The zero-order valence-corrected chi connectivity index (χ0v) is 26.1. The minimum absolute atomic E-state index is 0.105. The van der Waals surface area contributed by atoms with Crippen LogP contribution < -0.4 is 5.32 Å². The van der Waals surface area contributed by atoms with Crippen molar-refractivity contribution in [2.75, 3.05) is 31.6 Å². The lowest BCUT2D eigenvalue weighted by Crippen LogP contribution is -2.43. The number of imide groups is 1. The third-order valence-corrected chi connectivity index (χ3v) is 9.14. The number of thiocarbonyl (C=S) groups is 1. The fourth-order valence-corrected chi connectivity index (χ4v) is 7.41. The highest BCUT2D eigenvalue weighted by Crippen LogP contribution is 2.52. The third-order valence-electron chi connectivity index (χ3n) is 6.31. The molecule has 0 unspecified atom stereocenters. The van der Waals surface area contributed by atoms with Gasteiger partial charge in [0.15, 0.2) is 0 Å². The Bertz CT molecular complexity index is 1400. The van der Waals surface area contributed by atoms with Gasteiger partial charge in [0, 0.05) is 24.8 Å². The summed E-state index contributed by atoms with van der Waals surface area (Å²) in [5.74, 6) is -1.95. The molecule has 2 amide bonds. The lowest BCUT2D eigenvalue weighted by atomic mass is 10.1. The number of para-hydroxylation sites is 1. The van der Waals surface area contributed by atoms with Gasteiger partial charge in [0.05, 0.1) is 34.3 Å². The minimum Gasteiger partial charge on any atom is -0.462 e. The predicted octanol–water partition coefficient (Wildman–Crippen LogP) is 5.42. The van der Waals surface area contributed by atoms with Gasteiger partial charge in [-0.25, -0.2) is 9.59 Å². The predicted molar refractivity (Wildman–Crippen MR) is 169 cm³/mol. The third kappa shape index (κ3) is 6.71. The van der Waals surface area contributed by atoms with Crippen LogP contribution in [-0.4, -0.2) is 70.9 Å². The number of fused-ring (bicyclic) bond motifs is 1. The Balaban J connectivity index is 1.71. The monoisotopic (exact) mass is 625 g/mol. The summed E-state index contributed by atoms with van der Waals surface area (Å²) in [5, 5.41) is 3.26. The van der Waals surface area contributed by atoms with Crippen molar-refractivity contribution >= 4 is 70.2 Å². The number of esters is 2. The first-order chi connectivity index (χ1) is 20.2. The summed E-state index contributed by atoms with van der Waals surface area (Å²) in [7, 11) is 0. The maximum Gasteiger partial charge on any atom is 0.346 e. The van der Waals surface area contributed by atoms with E-state index in [2.05, 4.69) is 5.32 Å². The second kappa shape index (κ2) is 14.0. The molecule has 2 aromatic rings. The number of nitrogens with one attached hydrogen (secondary N) is 1. The van der Waals surface area contributed by atoms with Crippen LogP contribution in [0, 0.1) is 0 Å². The summed E-state index contributed by atoms with van der Waals surface area (Å²) in [5.41, 5.74) is 2.06. The highest BCUT2D eigenvalue weighted by Gasteiger charge is 2.38. The van der Waals surface area contributed by atoms with Crippen molar-refractivity contribution in [1.29, 1.82) is 0 Å². The molecular formula is C30H31N3O6S3. The number of carbonyl (C=O) groups excluding carboxylic acids is 4.